The molecule has 0 spiro atoms. The molecule has 0 radical (unpaired) electrons. The number of nitrogens with zero attached hydrogens (tertiary/aromatic N) is 1. The highest BCUT2D eigenvalue weighted by Crippen LogP contribution is 2.47. The first-order valence-corrected chi connectivity index (χ1v) is 5.34. The Kier molecular flexibility index (Phi) is 4.50. The minimum atomic E-state index is 0.482. The second-order valence-corrected chi connectivity index (χ2v) is 3.99. The standard InChI is InChI=1S/C11H15N.C2H5N/c1-12-9-11(7-8-11)10-5-3-2-4-6-10;1-3-2/h2-6,12H,7-9H2,1H3;1H2,2H3. The molecule has 1 aliphatic rings. The van der Waals surface area contributed by atoms with Crippen LogP contribution >= 0.6 is 0 Å². The van der Waals surface area contributed by atoms with Crippen LogP contribution in [-0.2, 0) is 5.41 Å². The predicted octanol–water partition coefficient (Wildman–Crippen LogP) is 2.25. The molecule has 0 heterocycles. The first kappa shape index (κ1) is 11.9. The molecule has 0 bridgehead atoms. The van der Waals surface area contributed by atoms with E-state index >= 15 is 0 Å². The van der Waals surface area contributed by atoms with Crippen LogP contribution in [0.5, 0.6) is 0 Å². The molecule has 2 heteroatoms. The van der Waals surface area contributed by atoms with Crippen molar-refractivity contribution in [3.05, 3.63) is 35.9 Å². The van der Waals surface area contributed by atoms with Crippen LogP contribution in [0.25, 0.3) is 0 Å². The Morgan fingerprint density at radius 2 is 1.87 bits per heavy atom. The third kappa shape index (κ3) is 3.17. The van der Waals surface area contributed by atoms with Crippen molar-refractivity contribution in [2.75, 3.05) is 20.6 Å². The van der Waals surface area contributed by atoms with Crippen LogP contribution in [0.2, 0.25) is 0 Å². The minimum absolute atomic E-state index is 0.482. The predicted molar refractivity (Wildman–Crippen MR) is 66.8 cm³/mol. The largest absolute Gasteiger partial charge is 0.319 e. The van der Waals surface area contributed by atoms with E-state index in [1.807, 2.05) is 7.05 Å². The summed E-state index contributed by atoms with van der Waals surface area (Å²) in [5.41, 5.74) is 1.98. The zero-order valence-electron chi connectivity index (χ0n) is 9.66. The molecule has 0 unspecified atom stereocenters. The van der Waals surface area contributed by atoms with Gasteiger partial charge in [-0.2, -0.15) is 0 Å². The first-order valence-electron chi connectivity index (χ1n) is 5.34. The highest BCUT2D eigenvalue weighted by Gasteiger charge is 2.43. The van der Waals surface area contributed by atoms with Crippen molar-refractivity contribution in [2.45, 2.75) is 18.3 Å². The van der Waals surface area contributed by atoms with Crippen molar-refractivity contribution in [3.8, 4) is 0 Å². The molecular weight excluding hydrogens is 184 g/mol. The lowest BCUT2D eigenvalue weighted by Crippen LogP contribution is -2.23. The van der Waals surface area contributed by atoms with Crippen molar-refractivity contribution < 1.29 is 0 Å². The van der Waals surface area contributed by atoms with Crippen molar-refractivity contribution in [3.63, 3.8) is 0 Å². The summed E-state index contributed by atoms with van der Waals surface area (Å²) in [5, 5.41) is 3.27. The highest BCUT2D eigenvalue weighted by atomic mass is 14.8. The Balaban J connectivity index is 0.000000337. The molecule has 1 aromatic carbocycles. The molecule has 1 aliphatic carbocycles. The zero-order chi connectivity index (χ0) is 11.1. The number of benzene rings is 1. The number of aliphatic imine (C=N–C) groups is 1. The fourth-order valence-electron chi connectivity index (χ4n) is 1.85. The van der Waals surface area contributed by atoms with Crippen molar-refractivity contribution in [1.82, 2.24) is 5.32 Å². The Bertz CT molecular complexity index is 289. The lowest BCUT2D eigenvalue weighted by Gasteiger charge is -2.14. The average molecular weight is 204 g/mol. The zero-order valence-corrected chi connectivity index (χ0v) is 9.66. The minimum Gasteiger partial charge on any atom is -0.319 e. The van der Waals surface area contributed by atoms with Gasteiger partial charge in [-0.15, -0.1) is 0 Å². The number of hydrogen-bond acceptors (Lipinski definition) is 2. The lowest BCUT2D eigenvalue weighted by atomic mass is 9.96. The summed E-state index contributed by atoms with van der Waals surface area (Å²) in [6, 6.07) is 10.8. The van der Waals surface area contributed by atoms with Gasteiger partial charge in [-0.05, 0) is 32.2 Å². The Morgan fingerprint density at radius 3 is 2.27 bits per heavy atom. The molecule has 0 amide bonds. The summed E-state index contributed by atoms with van der Waals surface area (Å²) >= 11 is 0. The van der Waals surface area contributed by atoms with E-state index in [-0.39, 0.29) is 0 Å². The molecule has 2 rings (SSSR count). The van der Waals surface area contributed by atoms with Crippen LogP contribution in [-0.4, -0.2) is 27.4 Å². The van der Waals surface area contributed by atoms with Gasteiger partial charge in [-0.1, -0.05) is 30.3 Å². The van der Waals surface area contributed by atoms with Crippen LogP contribution in [0.4, 0.5) is 0 Å². The number of likely N-dealkylation sites (N-methyl/N-ethyl adjacent to an activating group) is 1. The van der Waals surface area contributed by atoms with Crippen LogP contribution in [0.1, 0.15) is 18.4 Å². The molecule has 82 valence electrons. The number of hydrogen-bond donors (Lipinski definition) is 1. The van der Waals surface area contributed by atoms with Gasteiger partial charge in [0.25, 0.3) is 0 Å². The summed E-state index contributed by atoms with van der Waals surface area (Å²) in [6.07, 6.45) is 2.69. The molecule has 2 nitrogen and oxygen atoms in total. The van der Waals surface area contributed by atoms with Crippen LogP contribution in [0.15, 0.2) is 35.3 Å². The Morgan fingerprint density at radius 1 is 1.33 bits per heavy atom. The fraction of sp³-hybridized carbons (Fsp3) is 0.462. The summed E-state index contributed by atoms with van der Waals surface area (Å²) in [7, 11) is 3.67. The Hall–Kier alpha value is -1.15. The van der Waals surface area contributed by atoms with Gasteiger partial charge in [0, 0.05) is 19.0 Å². The van der Waals surface area contributed by atoms with E-state index in [0.717, 1.165) is 6.54 Å². The Labute approximate surface area is 92.4 Å². The van der Waals surface area contributed by atoms with Crippen molar-refractivity contribution in [2.24, 2.45) is 4.99 Å². The van der Waals surface area contributed by atoms with Gasteiger partial charge in [0.05, 0.1) is 0 Å². The molecule has 1 aromatic rings. The van der Waals surface area contributed by atoms with E-state index < -0.39 is 0 Å². The normalized spacial score (nSPS) is 16.1. The van der Waals surface area contributed by atoms with Crippen molar-refractivity contribution >= 4 is 6.72 Å². The molecule has 1 N–H and O–H groups in total. The summed E-state index contributed by atoms with van der Waals surface area (Å²) in [6.45, 7) is 4.23. The molecule has 0 atom stereocenters. The van der Waals surface area contributed by atoms with E-state index in [0.29, 0.717) is 5.41 Å². The third-order valence-electron chi connectivity index (χ3n) is 2.75. The number of rotatable bonds is 3. The smallest absolute Gasteiger partial charge is 0.0269 e. The van der Waals surface area contributed by atoms with Crippen LogP contribution < -0.4 is 5.32 Å². The maximum atomic E-state index is 3.27. The van der Waals surface area contributed by atoms with Gasteiger partial charge in [-0.25, -0.2) is 0 Å². The molecule has 15 heavy (non-hydrogen) atoms. The molecule has 0 aromatic heterocycles. The molecule has 0 saturated heterocycles. The first-order chi connectivity index (χ1) is 7.29. The summed E-state index contributed by atoms with van der Waals surface area (Å²) in [5.74, 6) is 0. The van der Waals surface area contributed by atoms with Crippen molar-refractivity contribution in [1.29, 1.82) is 0 Å². The van der Waals surface area contributed by atoms with E-state index in [1.54, 1.807) is 7.05 Å². The lowest BCUT2D eigenvalue weighted by molar-refractivity contribution is 0.624. The third-order valence-corrected chi connectivity index (χ3v) is 2.75. The quantitative estimate of drug-likeness (QED) is 0.750. The average Bonchev–Trinajstić information content (AvgIpc) is 3.02. The van der Waals surface area contributed by atoms with Crippen LogP contribution in [0.3, 0.4) is 0 Å². The van der Waals surface area contributed by atoms with Gasteiger partial charge in [0.15, 0.2) is 0 Å². The van der Waals surface area contributed by atoms with E-state index in [9.17, 15) is 0 Å². The van der Waals surface area contributed by atoms with Gasteiger partial charge >= 0.3 is 0 Å². The molecule has 0 aliphatic heterocycles. The number of nitrogens with one attached hydrogen (secondary N) is 1. The maximum absolute atomic E-state index is 3.27. The van der Waals surface area contributed by atoms with Gasteiger partial charge in [0.2, 0.25) is 0 Å². The maximum Gasteiger partial charge on any atom is 0.0269 e. The second kappa shape index (κ2) is 5.66. The summed E-state index contributed by atoms with van der Waals surface area (Å²) in [4.78, 5) is 3.25. The summed E-state index contributed by atoms with van der Waals surface area (Å²) < 4.78 is 0. The molecular formula is C13H20N2. The second-order valence-electron chi connectivity index (χ2n) is 3.99. The topological polar surface area (TPSA) is 24.4 Å². The van der Waals surface area contributed by atoms with Gasteiger partial charge in [0.1, 0.15) is 0 Å². The fourth-order valence-corrected chi connectivity index (χ4v) is 1.85. The highest BCUT2D eigenvalue weighted by molar-refractivity contribution is 5.31. The van der Waals surface area contributed by atoms with Gasteiger partial charge in [-0.3, -0.25) is 0 Å². The monoisotopic (exact) mass is 204 g/mol. The van der Waals surface area contributed by atoms with Crippen LogP contribution in [0, 0.1) is 0 Å². The van der Waals surface area contributed by atoms with E-state index in [4.69, 9.17) is 0 Å². The molecule has 1 saturated carbocycles. The van der Waals surface area contributed by atoms with E-state index in [2.05, 4.69) is 47.4 Å². The molecule has 1 fully saturated rings. The van der Waals surface area contributed by atoms with Gasteiger partial charge < -0.3 is 10.3 Å². The SMILES string of the molecule is C=NC.CNCC1(c2ccccc2)CC1. The van der Waals surface area contributed by atoms with E-state index in [1.165, 1.54) is 18.4 Å².